The van der Waals surface area contributed by atoms with E-state index in [0.717, 1.165) is 12.3 Å². The average Bonchev–Trinajstić information content (AvgIpc) is 1.90. The maximum atomic E-state index is 4.11. The van der Waals surface area contributed by atoms with Crippen LogP contribution in [-0.2, 0) is 0 Å². The molecule has 0 aliphatic carbocycles. The molecule has 1 N–H and O–H groups in total. The maximum absolute atomic E-state index is 4.11. The second-order valence-corrected chi connectivity index (χ2v) is 2.46. The van der Waals surface area contributed by atoms with Crippen molar-refractivity contribution in [1.29, 1.82) is 0 Å². The van der Waals surface area contributed by atoms with Crippen LogP contribution in [0, 0.1) is 5.92 Å². The highest BCUT2D eigenvalue weighted by molar-refractivity contribution is 5.96. The molecule has 0 aromatic rings. The van der Waals surface area contributed by atoms with E-state index in [4.69, 9.17) is 0 Å². The number of nitrogens with zero attached hydrogens (tertiary/aromatic N) is 1. The van der Waals surface area contributed by atoms with Gasteiger partial charge in [-0.25, -0.2) is 0 Å². The molecule has 1 aliphatic heterocycles. The van der Waals surface area contributed by atoms with Gasteiger partial charge in [-0.3, -0.25) is 0 Å². The third-order valence-electron chi connectivity index (χ3n) is 1.30. The Balaban J connectivity index is 2.58. The third-order valence-corrected chi connectivity index (χ3v) is 1.30. The summed E-state index contributed by atoms with van der Waals surface area (Å²) in [6.07, 6.45) is 4.16. The quantitative estimate of drug-likeness (QED) is 0.557. The number of rotatable bonds is 1. The Hall–Kier alpha value is -0.790. The van der Waals surface area contributed by atoms with Crippen LogP contribution in [0.1, 0.15) is 13.8 Å². The van der Waals surface area contributed by atoms with Gasteiger partial charge in [0.05, 0.1) is 12.3 Å². The molecule has 50 valence electrons. The van der Waals surface area contributed by atoms with Crippen molar-refractivity contribution in [3.8, 4) is 0 Å². The molecule has 0 unspecified atom stereocenters. The highest BCUT2D eigenvalue weighted by Crippen LogP contribution is 1.99. The fourth-order valence-electron chi connectivity index (χ4n) is 0.728. The maximum Gasteiger partial charge on any atom is 0.0626 e. The molecular weight excluding hydrogens is 112 g/mol. The van der Waals surface area contributed by atoms with Crippen LogP contribution in [0.4, 0.5) is 0 Å². The number of hydrazone groups is 1. The smallest absolute Gasteiger partial charge is 0.0626 e. The van der Waals surface area contributed by atoms with Crippen LogP contribution >= 0.6 is 0 Å². The molecule has 0 aromatic carbocycles. The predicted molar refractivity (Wildman–Crippen MR) is 39.4 cm³/mol. The molecule has 0 fully saturated rings. The molecule has 0 radical (unpaired) electrons. The van der Waals surface area contributed by atoms with E-state index in [1.54, 1.807) is 0 Å². The van der Waals surface area contributed by atoms with Crippen molar-refractivity contribution in [2.75, 3.05) is 6.54 Å². The molecule has 2 nitrogen and oxygen atoms in total. The SMILES string of the molecule is CC(C)C1=NNCC=C1. The summed E-state index contributed by atoms with van der Waals surface area (Å²) in [6, 6.07) is 0. The summed E-state index contributed by atoms with van der Waals surface area (Å²) in [5, 5.41) is 4.11. The Bertz CT molecular complexity index is 145. The van der Waals surface area contributed by atoms with Crippen molar-refractivity contribution < 1.29 is 0 Å². The second-order valence-electron chi connectivity index (χ2n) is 2.46. The number of hydrogen-bond donors (Lipinski definition) is 1. The van der Waals surface area contributed by atoms with Crippen LogP contribution in [0.2, 0.25) is 0 Å². The van der Waals surface area contributed by atoms with Crippen molar-refractivity contribution >= 4 is 5.71 Å². The predicted octanol–water partition coefficient (Wildman–Crippen LogP) is 1.16. The van der Waals surface area contributed by atoms with Gasteiger partial charge in [0.15, 0.2) is 0 Å². The van der Waals surface area contributed by atoms with E-state index in [0.29, 0.717) is 5.92 Å². The van der Waals surface area contributed by atoms with Gasteiger partial charge in [-0.15, -0.1) is 0 Å². The molecule has 0 atom stereocenters. The summed E-state index contributed by atoms with van der Waals surface area (Å²) in [6.45, 7) is 5.14. The first-order valence-corrected chi connectivity index (χ1v) is 3.27. The van der Waals surface area contributed by atoms with E-state index in [2.05, 4.69) is 36.5 Å². The van der Waals surface area contributed by atoms with Crippen molar-refractivity contribution in [3.63, 3.8) is 0 Å². The van der Waals surface area contributed by atoms with Crippen molar-refractivity contribution in [2.45, 2.75) is 13.8 Å². The third kappa shape index (κ3) is 1.56. The highest BCUT2D eigenvalue weighted by atomic mass is 15.3. The fourth-order valence-corrected chi connectivity index (χ4v) is 0.728. The molecule has 0 saturated heterocycles. The van der Waals surface area contributed by atoms with Crippen molar-refractivity contribution in [1.82, 2.24) is 5.43 Å². The highest BCUT2D eigenvalue weighted by Gasteiger charge is 2.01. The molecule has 0 amide bonds. The molecule has 0 aromatic heterocycles. The zero-order chi connectivity index (χ0) is 6.69. The van der Waals surface area contributed by atoms with E-state index >= 15 is 0 Å². The summed E-state index contributed by atoms with van der Waals surface area (Å²) in [7, 11) is 0. The molecule has 2 heteroatoms. The lowest BCUT2D eigenvalue weighted by Crippen LogP contribution is -2.17. The van der Waals surface area contributed by atoms with E-state index in [-0.39, 0.29) is 0 Å². The molecule has 1 rings (SSSR count). The Morgan fingerprint density at radius 3 is 2.78 bits per heavy atom. The molecular formula is C7H12N2. The Labute approximate surface area is 55.6 Å². The zero-order valence-corrected chi connectivity index (χ0v) is 5.89. The Kier molecular flexibility index (Phi) is 1.88. The largest absolute Gasteiger partial charge is 0.306 e. The second kappa shape index (κ2) is 2.67. The summed E-state index contributed by atoms with van der Waals surface area (Å²) >= 11 is 0. The van der Waals surface area contributed by atoms with E-state index < -0.39 is 0 Å². The first-order chi connectivity index (χ1) is 4.30. The van der Waals surface area contributed by atoms with Gasteiger partial charge in [-0.2, -0.15) is 5.10 Å². The molecule has 9 heavy (non-hydrogen) atoms. The van der Waals surface area contributed by atoms with Crippen LogP contribution < -0.4 is 5.43 Å². The number of nitrogens with one attached hydrogen (secondary N) is 1. The molecule has 0 spiro atoms. The van der Waals surface area contributed by atoms with Crippen LogP contribution in [0.25, 0.3) is 0 Å². The van der Waals surface area contributed by atoms with Crippen LogP contribution in [0.5, 0.6) is 0 Å². The van der Waals surface area contributed by atoms with E-state index in [9.17, 15) is 0 Å². The molecule has 1 heterocycles. The van der Waals surface area contributed by atoms with Crippen LogP contribution in [0.3, 0.4) is 0 Å². The topological polar surface area (TPSA) is 24.4 Å². The number of allylic oxidation sites excluding steroid dienone is 1. The average molecular weight is 124 g/mol. The van der Waals surface area contributed by atoms with Crippen molar-refractivity contribution in [3.05, 3.63) is 12.2 Å². The molecule has 0 saturated carbocycles. The lowest BCUT2D eigenvalue weighted by Gasteiger charge is -2.09. The van der Waals surface area contributed by atoms with Gasteiger partial charge in [-0.05, 0) is 12.0 Å². The van der Waals surface area contributed by atoms with Crippen LogP contribution in [-0.4, -0.2) is 12.3 Å². The van der Waals surface area contributed by atoms with Gasteiger partial charge in [0.25, 0.3) is 0 Å². The summed E-state index contributed by atoms with van der Waals surface area (Å²) in [5.74, 6) is 0.536. The zero-order valence-electron chi connectivity index (χ0n) is 5.89. The van der Waals surface area contributed by atoms with Crippen LogP contribution in [0.15, 0.2) is 17.3 Å². The lowest BCUT2D eigenvalue weighted by molar-refractivity contribution is 0.778. The van der Waals surface area contributed by atoms with Gasteiger partial charge in [-0.1, -0.05) is 19.9 Å². The van der Waals surface area contributed by atoms with E-state index in [1.165, 1.54) is 0 Å². The standard InChI is InChI=1S/C7H12N2/c1-6(2)7-4-3-5-8-9-7/h3-4,6,8H,5H2,1-2H3. The fraction of sp³-hybridized carbons (Fsp3) is 0.571. The van der Waals surface area contributed by atoms with Gasteiger partial charge in [0.1, 0.15) is 0 Å². The minimum atomic E-state index is 0.536. The molecule has 1 aliphatic rings. The van der Waals surface area contributed by atoms with E-state index in [1.807, 2.05) is 0 Å². The molecule has 0 bridgehead atoms. The Morgan fingerprint density at radius 1 is 1.67 bits per heavy atom. The minimum Gasteiger partial charge on any atom is -0.306 e. The summed E-state index contributed by atoms with van der Waals surface area (Å²) in [4.78, 5) is 0. The van der Waals surface area contributed by atoms with Gasteiger partial charge >= 0.3 is 0 Å². The first-order valence-electron chi connectivity index (χ1n) is 3.27. The van der Waals surface area contributed by atoms with Gasteiger partial charge < -0.3 is 5.43 Å². The normalized spacial score (nSPS) is 17.4. The summed E-state index contributed by atoms with van der Waals surface area (Å²) in [5.41, 5.74) is 4.06. The van der Waals surface area contributed by atoms with Gasteiger partial charge in [0.2, 0.25) is 0 Å². The summed E-state index contributed by atoms with van der Waals surface area (Å²) < 4.78 is 0. The Morgan fingerprint density at radius 2 is 2.44 bits per heavy atom. The van der Waals surface area contributed by atoms with Crippen molar-refractivity contribution in [2.24, 2.45) is 11.0 Å². The monoisotopic (exact) mass is 124 g/mol. The van der Waals surface area contributed by atoms with Gasteiger partial charge in [0, 0.05) is 0 Å². The number of hydrogen-bond acceptors (Lipinski definition) is 2. The first kappa shape index (κ1) is 6.33. The lowest BCUT2D eigenvalue weighted by atomic mass is 10.1. The minimum absolute atomic E-state index is 0.536.